The second-order valence-electron chi connectivity index (χ2n) is 5.65. The van der Waals surface area contributed by atoms with E-state index in [1.807, 2.05) is 4.68 Å². The third-order valence-corrected chi connectivity index (χ3v) is 4.12. The molecule has 18 heavy (non-hydrogen) atoms. The van der Waals surface area contributed by atoms with E-state index in [9.17, 15) is 5.11 Å². The number of hydrogen-bond acceptors (Lipinski definition) is 3. The second kappa shape index (κ2) is 5.31. The molecule has 1 aromatic heterocycles. The molecule has 0 aliphatic heterocycles. The van der Waals surface area contributed by atoms with Crippen molar-refractivity contribution in [2.24, 2.45) is 11.8 Å². The number of ether oxygens (including phenoxy) is 1. The molecule has 1 aromatic rings. The molecule has 0 bridgehead atoms. The van der Waals surface area contributed by atoms with Crippen LogP contribution in [0.1, 0.15) is 57.9 Å². The number of methoxy groups -OCH3 is 1. The molecule has 0 spiro atoms. The molecule has 0 radical (unpaired) electrons. The molecule has 3 atom stereocenters. The summed E-state index contributed by atoms with van der Waals surface area (Å²) in [6.07, 6.45) is 4.75. The van der Waals surface area contributed by atoms with E-state index in [-0.39, 0.29) is 6.04 Å². The topological polar surface area (TPSA) is 47.3 Å². The lowest BCUT2D eigenvalue weighted by molar-refractivity contribution is 0.0778. The number of aliphatic hydroxyl groups is 1. The van der Waals surface area contributed by atoms with Gasteiger partial charge in [0.2, 0.25) is 0 Å². The lowest BCUT2D eigenvalue weighted by atomic mass is 9.90. The van der Waals surface area contributed by atoms with Crippen LogP contribution in [0.15, 0.2) is 6.20 Å². The highest BCUT2D eigenvalue weighted by molar-refractivity contribution is 5.28. The number of aliphatic hydroxyl groups excluding tert-OH is 1. The van der Waals surface area contributed by atoms with Gasteiger partial charge in [0.1, 0.15) is 11.8 Å². The van der Waals surface area contributed by atoms with Crippen LogP contribution in [0.4, 0.5) is 0 Å². The van der Waals surface area contributed by atoms with Gasteiger partial charge in [-0.2, -0.15) is 5.10 Å². The van der Waals surface area contributed by atoms with Gasteiger partial charge in [-0.3, -0.25) is 4.68 Å². The fourth-order valence-electron chi connectivity index (χ4n) is 3.05. The highest BCUT2D eigenvalue weighted by Crippen LogP contribution is 2.42. The average molecular weight is 252 g/mol. The van der Waals surface area contributed by atoms with Gasteiger partial charge in [0.05, 0.1) is 13.3 Å². The summed E-state index contributed by atoms with van der Waals surface area (Å²) in [7, 11) is 1.63. The van der Waals surface area contributed by atoms with Gasteiger partial charge >= 0.3 is 0 Å². The van der Waals surface area contributed by atoms with Gasteiger partial charge in [-0.25, -0.2) is 0 Å². The van der Waals surface area contributed by atoms with E-state index < -0.39 is 6.10 Å². The quantitative estimate of drug-likeness (QED) is 0.896. The molecular weight excluding hydrogens is 228 g/mol. The predicted octanol–water partition coefficient (Wildman–Crippen LogP) is 2.94. The van der Waals surface area contributed by atoms with Gasteiger partial charge in [-0.05, 0) is 32.1 Å². The first kappa shape index (κ1) is 13.4. The Morgan fingerprint density at radius 1 is 1.44 bits per heavy atom. The van der Waals surface area contributed by atoms with Crippen LogP contribution in [0.25, 0.3) is 0 Å². The Kier molecular flexibility index (Phi) is 3.95. The highest BCUT2D eigenvalue weighted by Gasteiger charge is 2.34. The summed E-state index contributed by atoms with van der Waals surface area (Å²) in [4.78, 5) is 0. The maximum absolute atomic E-state index is 10.7. The number of nitrogens with zero attached hydrogens (tertiary/aromatic N) is 2. The molecule has 4 nitrogen and oxygen atoms in total. The largest absolute Gasteiger partial charge is 0.493 e. The SMILES string of the molecule is COc1cnn(C(C)C)c1C(O)C1CCCC1C. The van der Waals surface area contributed by atoms with Crippen LogP contribution in [0.5, 0.6) is 5.75 Å². The first-order valence-electron chi connectivity index (χ1n) is 6.85. The Morgan fingerprint density at radius 3 is 2.67 bits per heavy atom. The predicted molar refractivity (Wildman–Crippen MR) is 70.6 cm³/mol. The second-order valence-corrected chi connectivity index (χ2v) is 5.65. The summed E-state index contributed by atoms with van der Waals surface area (Å²) < 4.78 is 7.23. The van der Waals surface area contributed by atoms with Crippen molar-refractivity contribution in [3.63, 3.8) is 0 Å². The molecule has 1 aliphatic carbocycles. The number of hydrogen-bond donors (Lipinski definition) is 1. The van der Waals surface area contributed by atoms with E-state index >= 15 is 0 Å². The molecule has 4 heteroatoms. The minimum atomic E-state index is -0.470. The van der Waals surface area contributed by atoms with Crippen molar-refractivity contribution >= 4 is 0 Å². The Morgan fingerprint density at radius 2 is 2.17 bits per heavy atom. The van der Waals surface area contributed by atoms with E-state index in [0.29, 0.717) is 17.6 Å². The zero-order chi connectivity index (χ0) is 13.3. The zero-order valence-electron chi connectivity index (χ0n) is 11.8. The van der Waals surface area contributed by atoms with Gasteiger partial charge in [0.15, 0.2) is 5.75 Å². The van der Waals surface area contributed by atoms with Gasteiger partial charge in [0.25, 0.3) is 0 Å². The third-order valence-electron chi connectivity index (χ3n) is 4.12. The van der Waals surface area contributed by atoms with E-state index in [2.05, 4.69) is 25.9 Å². The van der Waals surface area contributed by atoms with Gasteiger partial charge < -0.3 is 9.84 Å². The van der Waals surface area contributed by atoms with Gasteiger partial charge in [-0.15, -0.1) is 0 Å². The van der Waals surface area contributed by atoms with Crippen molar-refractivity contribution in [3.8, 4) is 5.75 Å². The highest BCUT2D eigenvalue weighted by atomic mass is 16.5. The molecular formula is C14H24N2O2. The van der Waals surface area contributed by atoms with Crippen molar-refractivity contribution < 1.29 is 9.84 Å². The summed E-state index contributed by atoms with van der Waals surface area (Å²) in [6, 6.07) is 0.232. The fraction of sp³-hybridized carbons (Fsp3) is 0.786. The maximum Gasteiger partial charge on any atom is 0.162 e. The van der Waals surface area contributed by atoms with Crippen LogP contribution in [-0.4, -0.2) is 22.0 Å². The van der Waals surface area contributed by atoms with Crippen LogP contribution in [0, 0.1) is 11.8 Å². The van der Waals surface area contributed by atoms with Crippen molar-refractivity contribution in [1.29, 1.82) is 0 Å². The molecule has 1 N–H and O–H groups in total. The standard InChI is InChI=1S/C14H24N2O2/c1-9(2)16-13(12(18-4)8-15-16)14(17)11-7-5-6-10(11)3/h8-11,14,17H,5-7H2,1-4H3. The summed E-state index contributed by atoms with van der Waals surface area (Å²) in [6.45, 7) is 6.37. The number of rotatable bonds is 4. The van der Waals surface area contributed by atoms with Crippen molar-refractivity contribution in [2.45, 2.75) is 52.2 Å². The van der Waals surface area contributed by atoms with E-state index in [1.165, 1.54) is 12.8 Å². The molecule has 0 aromatic carbocycles. The monoisotopic (exact) mass is 252 g/mol. The van der Waals surface area contributed by atoms with Crippen LogP contribution in [0.3, 0.4) is 0 Å². The first-order valence-corrected chi connectivity index (χ1v) is 6.85. The van der Waals surface area contributed by atoms with Crippen molar-refractivity contribution in [3.05, 3.63) is 11.9 Å². The lowest BCUT2D eigenvalue weighted by Crippen LogP contribution is -2.20. The maximum atomic E-state index is 10.7. The third kappa shape index (κ3) is 2.26. The van der Waals surface area contributed by atoms with E-state index in [1.54, 1.807) is 13.3 Å². The van der Waals surface area contributed by atoms with Crippen LogP contribution < -0.4 is 4.74 Å². The molecule has 1 fully saturated rings. The lowest BCUT2D eigenvalue weighted by Gasteiger charge is -2.24. The normalized spacial score (nSPS) is 25.7. The number of aromatic nitrogens is 2. The molecule has 3 unspecified atom stereocenters. The van der Waals surface area contributed by atoms with Gasteiger partial charge in [0, 0.05) is 6.04 Å². The Bertz CT molecular complexity index is 400. The molecule has 0 saturated heterocycles. The van der Waals surface area contributed by atoms with Crippen molar-refractivity contribution in [1.82, 2.24) is 9.78 Å². The summed E-state index contributed by atoms with van der Waals surface area (Å²) >= 11 is 0. The zero-order valence-corrected chi connectivity index (χ0v) is 11.8. The molecule has 102 valence electrons. The van der Waals surface area contributed by atoms with Crippen LogP contribution >= 0.6 is 0 Å². The molecule has 1 aliphatic rings. The van der Waals surface area contributed by atoms with E-state index in [4.69, 9.17) is 4.74 Å². The molecule has 2 rings (SSSR count). The Balaban J connectivity index is 2.33. The average Bonchev–Trinajstić information content (AvgIpc) is 2.93. The summed E-state index contributed by atoms with van der Waals surface area (Å²) in [5.41, 5.74) is 0.839. The van der Waals surface area contributed by atoms with Crippen molar-refractivity contribution in [2.75, 3.05) is 7.11 Å². The fourth-order valence-corrected chi connectivity index (χ4v) is 3.05. The summed E-state index contributed by atoms with van der Waals surface area (Å²) in [5.74, 6) is 1.60. The smallest absolute Gasteiger partial charge is 0.162 e. The van der Waals surface area contributed by atoms with Gasteiger partial charge in [-0.1, -0.05) is 19.8 Å². The minimum Gasteiger partial charge on any atom is -0.493 e. The summed E-state index contributed by atoms with van der Waals surface area (Å²) in [5, 5.41) is 15.0. The molecule has 1 heterocycles. The minimum absolute atomic E-state index is 0.232. The Hall–Kier alpha value is -1.03. The van der Waals surface area contributed by atoms with Crippen LogP contribution in [0.2, 0.25) is 0 Å². The van der Waals surface area contributed by atoms with E-state index in [0.717, 1.165) is 12.1 Å². The van der Waals surface area contributed by atoms with Crippen LogP contribution in [-0.2, 0) is 0 Å². The first-order chi connectivity index (χ1) is 8.56. The molecule has 0 amide bonds. The molecule has 1 saturated carbocycles. The Labute approximate surface area is 109 Å².